The highest BCUT2D eigenvalue weighted by atomic mass is 16.5. The lowest BCUT2D eigenvalue weighted by Crippen LogP contribution is -2.23. The van der Waals surface area contributed by atoms with Crippen molar-refractivity contribution in [2.45, 2.75) is 77.0 Å². The highest BCUT2D eigenvalue weighted by molar-refractivity contribution is 5.91. The van der Waals surface area contributed by atoms with Crippen LogP contribution in [0.3, 0.4) is 0 Å². The van der Waals surface area contributed by atoms with E-state index in [4.69, 9.17) is 9.47 Å². The Kier molecular flexibility index (Phi) is 11.7. The third kappa shape index (κ3) is 8.99. The van der Waals surface area contributed by atoms with E-state index in [-0.39, 0.29) is 41.8 Å². The van der Waals surface area contributed by atoms with Crippen LogP contribution in [0.2, 0.25) is 0 Å². The Bertz CT molecular complexity index is 1630. The third-order valence-electron chi connectivity index (χ3n) is 9.45. The first-order valence-electron chi connectivity index (χ1n) is 16.6. The molecular formula is C38H45N5O4. The van der Waals surface area contributed by atoms with E-state index < -0.39 is 0 Å². The summed E-state index contributed by atoms with van der Waals surface area (Å²) in [5, 5.41) is 21.0. The molecule has 0 aliphatic heterocycles. The van der Waals surface area contributed by atoms with Crippen molar-refractivity contribution in [2.24, 2.45) is 11.8 Å². The second-order valence-electron chi connectivity index (χ2n) is 12.7. The highest BCUT2D eigenvalue weighted by Gasteiger charge is 2.26. The van der Waals surface area contributed by atoms with Crippen molar-refractivity contribution in [3.63, 3.8) is 0 Å². The molecule has 1 aliphatic carbocycles. The molecule has 2 aromatic heterocycles. The van der Waals surface area contributed by atoms with E-state index >= 15 is 0 Å². The lowest BCUT2D eigenvalue weighted by molar-refractivity contribution is -0.123. The van der Waals surface area contributed by atoms with Crippen LogP contribution in [-0.2, 0) is 28.9 Å². The summed E-state index contributed by atoms with van der Waals surface area (Å²) in [5.41, 5.74) is 4.57. The van der Waals surface area contributed by atoms with Gasteiger partial charge in [-0.1, -0.05) is 63.1 Å². The van der Waals surface area contributed by atoms with Crippen LogP contribution in [-0.4, -0.2) is 46.3 Å². The first-order valence-corrected chi connectivity index (χ1v) is 16.6. The first kappa shape index (κ1) is 33.7. The molecule has 0 radical (unpaired) electrons. The molecule has 4 atom stereocenters. The van der Waals surface area contributed by atoms with Crippen molar-refractivity contribution in [3.8, 4) is 11.5 Å². The number of para-hydroxylation sites is 2. The van der Waals surface area contributed by atoms with E-state index in [1.165, 1.54) is 0 Å². The number of carbonyl (C=O) groups excluding carboxylic acids is 2. The number of anilines is 1. The van der Waals surface area contributed by atoms with Gasteiger partial charge in [0.1, 0.15) is 17.3 Å². The van der Waals surface area contributed by atoms with Gasteiger partial charge in [-0.15, -0.1) is 5.10 Å². The van der Waals surface area contributed by atoms with E-state index in [1.807, 2.05) is 67.6 Å². The van der Waals surface area contributed by atoms with Gasteiger partial charge in [0.25, 0.3) is 0 Å². The summed E-state index contributed by atoms with van der Waals surface area (Å²) in [7, 11) is 3.23. The van der Waals surface area contributed by atoms with Crippen LogP contribution in [0.4, 0.5) is 5.82 Å². The minimum atomic E-state index is -0.170. The number of nitrogens with zero attached hydrogens (tertiary/aromatic N) is 4. The van der Waals surface area contributed by atoms with Crippen LogP contribution in [0, 0.1) is 11.8 Å². The van der Waals surface area contributed by atoms with Gasteiger partial charge in [-0.3, -0.25) is 9.59 Å². The Morgan fingerprint density at radius 2 is 1.32 bits per heavy atom. The number of hydrogen-bond donors (Lipinski definition) is 1. The summed E-state index contributed by atoms with van der Waals surface area (Å²) in [6, 6.07) is 23.2. The van der Waals surface area contributed by atoms with Crippen LogP contribution < -0.4 is 14.8 Å². The van der Waals surface area contributed by atoms with Crippen molar-refractivity contribution >= 4 is 17.5 Å². The Morgan fingerprint density at radius 1 is 0.745 bits per heavy atom. The van der Waals surface area contributed by atoms with Crippen LogP contribution in [0.25, 0.3) is 0 Å². The maximum Gasteiger partial charge on any atom is 0.230 e. The molecule has 4 aromatic rings. The molecule has 0 spiro atoms. The number of ketones is 1. The molecule has 1 aliphatic rings. The number of amides is 1. The largest absolute Gasteiger partial charge is 0.496 e. The maximum atomic E-state index is 13.1. The number of methoxy groups -OCH3 is 2. The SMILES string of the molecule is COc1ccccc1CC(=O)Nc1ccc(C2CCCCC(c3ccc(CC(C)C(C)C(=O)Cc4ccccc4OC)nn3)C2)nn1. The Morgan fingerprint density at radius 3 is 1.87 bits per heavy atom. The fourth-order valence-electron chi connectivity index (χ4n) is 6.45. The minimum Gasteiger partial charge on any atom is -0.496 e. The van der Waals surface area contributed by atoms with E-state index in [9.17, 15) is 9.59 Å². The van der Waals surface area contributed by atoms with Crippen molar-refractivity contribution in [1.82, 2.24) is 20.4 Å². The molecular weight excluding hydrogens is 590 g/mol. The lowest BCUT2D eigenvalue weighted by atomic mass is 9.85. The van der Waals surface area contributed by atoms with Gasteiger partial charge in [-0.05, 0) is 68.0 Å². The molecule has 1 saturated carbocycles. The van der Waals surface area contributed by atoms with Crippen LogP contribution >= 0.6 is 0 Å². The second kappa shape index (κ2) is 16.3. The van der Waals surface area contributed by atoms with Gasteiger partial charge in [0, 0.05) is 35.3 Å². The van der Waals surface area contributed by atoms with E-state index in [1.54, 1.807) is 14.2 Å². The maximum absolute atomic E-state index is 13.1. The standard InChI is InChI=1S/C38H45N5O4/c1-25(26(2)34(44)23-29-13-7-9-15-35(29)46-3)21-31-17-18-32(41-40-31)27-11-5-6-12-28(22-27)33-19-20-37(43-42-33)39-38(45)24-30-14-8-10-16-36(30)47-4/h7-10,13-20,25-28H,5-6,11-12,21-24H2,1-4H3,(H,39,43,45). The molecule has 0 bridgehead atoms. The zero-order chi connectivity index (χ0) is 33.2. The average Bonchev–Trinajstić information content (AvgIpc) is 3.35. The average molecular weight is 636 g/mol. The van der Waals surface area contributed by atoms with Crippen LogP contribution in [0.1, 0.15) is 86.0 Å². The molecule has 5 rings (SSSR count). The number of nitrogens with one attached hydrogen (secondary N) is 1. The number of aromatic nitrogens is 4. The van der Waals surface area contributed by atoms with E-state index in [2.05, 4.69) is 44.8 Å². The second-order valence-corrected chi connectivity index (χ2v) is 12.7. The van der Waals surface area contributed by atoms with Crippen molar-refractivity contribution in [1.29, 1.82) is 0 Å². The molecule has 4 unspecified atom stereocenters. The first-order chi connectivity index (χ1) is 22.8. The number of carbonyl (C=O) groups is 2. The minimum absolute atomic E-state index is 0.114. The molecule has 2 aromatic carbocycles. The zero-order valence-electron chi connectivity index (χ0n) is 27.8. The Balaban J connectivity index is 1.15. The number of rotatable bonds is 13. The topological polar surface area (TPSA) is 116 Å². The molecule has 1 N–H and O–H groups in total. The van der Waals surface area contributed by atoms with Crippen LogP contribution in [0.5, 0.6) is 11.5 Å². The Hall–Kier alpha value is -4.66. The fourth-order valence-corrected chi connectivity index (χ4v) is 6.45. The lowest BCUT2D eigenvalue weighted by Gasteiger charge is -2.20. The molecule has 0 saturated heterocycles. The number of benzene rings is 2. The van der Waals surface area contributed by atoms with Gasteiger partial charge in [0.05, 0.1) is 37.7 Å². The number of Topliss-reactive ketones (excluding diaryl/α,β-unsaturated/α-hetero) is 1. The van der Waals surface area contributed by atoms with Crippen molar-refractivity contribution in [3.05, 3.63) is 101 Å². The summed E-state index contributed by atoms with van der Waals surface area (Å²) in [6.07, 6.45) is 6.49. The van der Waals surface area contributed by atoms with Crippen LogP contribution in [0.15, 0.2) is 72.8 Å². The summed E-state index contributed by atoms with van der Waals surface area (Å²) < 4.78 is 10.8. The van der Waals surface area contributed by atoms with Gasteiger partial charge in [-0.2, -0.15) is 15.3 Å². The molecule has 246 valence electrons. The summed E-state index contributed by atoms with van der Waals surface area (Å²) in [6.45, 7) is 4.11. The quantitative estimate of drug-likeness (QED) is 0.157. The summed E-state index contributed by atoms with van der Waals surface area (Å²) >= 11 is 0. The van der Waals surface area contributed by atoms with E-state index in [0.717, 1.165) is 66.1 Å². The van der Waals surface area contributed by atoms with Gasteiger partial charge < -0.3 is 14.8 Å². The molecule has 1 amide bonds. The molecule has 9 heteroatoms. The third-order valence-corrected chi connectivity index (χ3v) is 9.45. The predicted octanol–water partition coefficient (Wildman–Crippen LogP) is 6.92. The Labute approximate surface area is 277 Å². The monoisotopic (exact) mass is 635 g/mol. The van der Waals surface area contributed by atoms with E-state index in [0.29, 0.717) is 24.4 Å². The molecule has 1 fully saturated rings. The smallest absolute Gasteiger partial charge is 0.230 e. The normalized spacial score (nSPS) is 17.6. The van der Waals surface area contributed by atoms with Gasteiger partial charge in [-0.25, -0.2) is 0 Å². The number of ether oxygens (including phenoxy) is 2. The molecule has 47 heavy (non-hydrogen) atoms. The van der Waals surface area contributed by atoms with Crippen molar-refractivity contribution < 1.29 is 19.1 Å². The molecule has 9 nitrogen and oxygen atoms in total. The predicted molar refractivity (Wildman–Crippen MR) is 182 cm³/mol. The highest BCUT2D eigenvalue weighted by Crippen LogP contribution is 2.38. The molecule has 2 heterocycles. The van der Waals surface area contributed by atoms with Crippen molar-refractivity contribution in [2.75, 3.05) is 19.5 Å². The van der Waals surface area contributed by atoms with Gasteiger partial charge in [0.15, 0.2) is 5.82 Å². The summed E-state index contributed by atoms with van der Waals surface area (Å²) in [4.78, 5) is 25.7. The fraction of sp³-hybridized carbons (Fsp3) is 0.421. The summed E-state index contributed by atoms with van der Waals surface area (Å²) in [5.74, 6) is 2.45. The number of hydrogen-bond acceptors (Lipinski definition) is 8. The van der Waals surface area contributed by atoms with Gasteiger partial charge in [0.2, 0.25) is 5.91 Å². The van der Waals surface area contributed by atoms with Gasteiger partial charge >= 0.3 is 0 Å². The zero-order valence-corrected chi connectivity index (χ0v) is 27.8.